The average Bonchev–Trinajstić information content (AvgIpc) is 2.86. The van der Waals surface area contributed by atoms with Crippen LogP contribution in [-0.4, -0.2) is 22.5 Å². The summed E-state index contributed by atoms with van der Waals surface area (Å²) < 4.78 is 0. The zero-order valence-corrected chi connectivity index (χ0v) is 13.2. The molecule has 1 aliphatic carbocycles. The van der Waals surface area contributed by atoms with E-state index >= 15 is 0 Å². The molecule has 0 saturated heterocycles. The molecule has 3 rings (SSSR count). The first kappa shape index (κ1) is 16.5. The standard InChI is InChI=1S/C10H7ClN2OS.C5H8O2/c11-8-4-2-1-3-7(8)9-5-15-10(13-9)12-6-14;6-5(7)4-2-1-3-4/h1-6H,(H,12,13,14);4H,1-3H2,(H,6,7). The van der Waals surface area contributed by atoms with Crippen LogP contribution in [0.4, 0.5) is 5.13 Å². The summed E-state index contributed by atoms with van der Waals surface area (Å²) in [7, 11) is 0. The van der Waals surface area contributed by atoms with Gasteiger partial charge >= 0.3 is 5.97 Å². The lowest BCUT2D eigenvalue weighted by Gasteiger charge is -2.19. The van der Waals surface area contributed by atoms with Crippen LogP contribution in [0.25, 0.3) is 11.3 Å². The van der Waals surface area contributed by atoms with Crippen molar-refractivity contribution in [3.05, 3.63) is 34.7 Å². The second-order valence-electron chi connectivity index (χ2n) is 4.75. The fraction of sp³-hybridized carbons (Fsp3) is 0.267. The Morgan fingerprint density at radius 3 is 2.64 bits per heavy atom. The Labute approximate surface area is 137 Å². The maximum Gasteiger partial charge on any atom is 0.306 e. The number of amides is 1. The number of rotatable bonds is 4. The van der Waals surface area contributed by atoms with Crippen molar-refractivity contribution < 1.29 is 14.7 Å². The van der Waals surface area contributed by atoms with E-state index in [1.807, 2.05) is 29.6 Å². The fourth-order valence-corrected chi connectivity index (χ4v) is 2.74. The maximum absolute atomic E-state index is 10.2. The maximum atomic E-state index is 10.2. The molecule has 1 heterocycles. The predicted molar refractivity (Wildman–Crippen MR) is 87.2 cm³/mol. The number of halogens is 1. The van der Waals surface area contributed by atoms with E-state index < -0.39 is 5.97 Å². The van der Waals surface area contributed by atoms with Gasteiger partial charge in [-0.3, -0.25) is 9.59 Å². The molecule has 0 unspecified atom stereocenters. The van der Waals surface area contributed by atoms with Crippen molar-refractivity contribution in [2.45, 2.75) is 19.3 Å². The quantitative estimate of drug-likeness (QED) is 0.828. The van der Waals surface area contributed by atoms with Crippen LogP contribution in [0, 0.1) is 5.92 Å². The number of carboxylic acids is 1. The molecule has 1 aromatic heterocycles. The second-order valence-corrected chi connectivity index (χ2v) is 6.01. The number of anilines is 1. The number of nitrogens with one attached hydrogen (secondary N) is 1. The summed E-state index contributed by atoms with van der Waals surface area (Å²) in [5, 5.41) is 13.8. The Kier molecular flexibility index (Phi) is 5.91. The van der Waals surface area contributed by atoms with Crippen molar-refractivity contribution >= 4 is 40.4 Å². The molecular weight excluding hydrogens is 324 g/mol. The highest BCUT2D eigenvalue weighted by Crippen LogP contribution is 2.29. The van der Waals surface area contributed by atoms with Gasteiger partial charge < -0.3 is 10.4 Å². The smallest absolute Gasteiger partial charge is 0.306 e. The van der Waals surface area contributed by atoms with Crippen molar-refractivity contribution in [3.8, 4) is 11.3 Å². The Hall–Kier alpha value is -1.92. The third-order valence-corrected chi connectivity index (χ3v) is 4.39. The molecular formula is C15H15ClN2O3S. The first-order chi connectivity index (χ1) is 10.6. The molecule has 7 heteroatoms. The number of aliphatic carboxylic acids is 1. The van der Waals surface area contributed by atoms with E-state index in [0.29, 0.717) is 16.6 Å². The van der Waals surface area contributed by atoms with Gasteiger partial charge in [-0.05, 0) is 18.9 Å². The van der Waals surface area contributed by atoms with Crippen LogP contribution in [0.2, 0.25) is 5.02 Å². The van der Waals surface area contributed by atoms with E-state index in [4.69, 9.17) is 16.7 Å². The highest BCUT2D eigenvalue weighted by Gasteiger charge is 2.23. The van der Waals surface area contributed by atoms with Crippen molar-refractivity contribution in [2.24, 2.45) is 5.92 Å². The van der Waals surface area contributed by atoms with Gasteiger partial charge in [-0.2, -0.15) is 0 Å². The number of benzene rings is 1. The number of carboxylic acid groups (broad SMARTS) is 1. The van der Waals surface area contributed by atoms with Crippen molar-refractivity contribution in [2.75, 3.05) is 5.32 Å². The Morgan fingerprint density at radius 2 is 2.14 bits per heavy atom. The summed E-state index contributed by atoms with van der Waals surface area (Å²) in [4.78, 5) is 24.4. The molecule has 1 fully saturated rings. The molecule has 2 N–H and O–H groups in total. The SMILES string of the molecule is O=C(O)C1CCC1.O=CNc1nc(-c2ccccc2Cl)cs1. The van der Waals surface area contributed by atoms with Crippen molar-refractivity contribution in [1.82, 2.24) is 4.98 Å². The summed E-state index contributed by atoms with van der Waals surface area (Å²) in [6.45, 7) is 0. The summed E-state index contributed by atoms with van der Waals surface area (Å²) >= 11 is 7.39. The molecule has 5 nitrogen and oxygen atoms in total. The minimum absolute atomic E-state index is 0.000000000000000444. The van der Waals surface area contributed by atoms with Gasteiger partial charge in [0.15, 0.2) is 5.13 Å². The first-order valence-electron chi connectivity index (χ1n) is 6.75. The first-order valence-corrected chi connectivity index (χ1v) is 8.01. The number of carbonyl (C=O) groups is 2. The molecule has 1 aliphatic rings. The van der Waals surface area contributed by atoms with Crippen LogP contribution in [0.15, 0.2) is 29.6 Å². The summed E-state index contributed by atoms with van der Waals surface area (Å²) in [5.74, 6) is -0.619. The molecule has 0 radical (unpaired) electrons. The van der Waals surface area contributed by atoms with E-state index in [-0.39, 0.29) is 5.92 Å². The fourth-order valence-electron chi connectivity index (χ4n) is 1.84. The number of thiazole rings is 1. The summed E-state index contributed by atoms with van der Waals surface area (Å²) in [5.41, 5.74) is 1.64. The topological polar surface area (TPSA) is 79.3 Å². The van der Waals surface area contributed by atoms with Gasteiger partial charge in [-0.15, -0.1) is 11.3 Å². The number of hydrogen-bond donors (Lipinski definition) is 2. The van der Waals surface area contributed by atoms with Crippen molar-refractivity contribution in [1.29, 1.82) is 0 Å². The molecule has 2 aromatic rings. The van der Waals surface area contributed by atoms with E-state index in [2.05, 4.69) is 10.3 Å². The van der Waals surface area contributed by atoms with E-state index in [1.54, 1.807) is 0 Å². The van der Waals surface area contributed by atoms with Gasteiger partial charge in [0.05, 0.1) is 11.6 Å². The predicted octanol–water partition coefficient (Wildman–Crippen LogP) is 3.90. The zero-order chi connectivity index (χ0) is 15.9. The van der Waals surface area contributed by atoms with E-state index in [1.165, 1.54) is 11.3 Å². The molecule has 22 heavy (non-hydrogen) atoms. The summed E-state index contributed by atoms with van der Waals surface area (Å²) in [6, 6.07) is 7.46. The Balaban J connectivity index is 0.000000211. The minimum Gasteiger partial charge on any atom is -0.481 e. The van der Waals surface area contributed by atoms with Crippen molar-refractivity contribution in [3.63, 3.8) is 0 Å². The van der Waals surface area contributed by atoms with Crippen LogP contribution in [0.1, 0.15) is 19.3 Å². The molecule has 1 aromatic carbocycles. The average molecular weight is 339 g/mol. The van der Waals surface area contributed by atoms with Gasteiger partial charge in [0.25, 0.3) is 0 Å². The third-order valence-electron chi connectivity index (χ3n) is 3.29. The molecule has 0 aliphatic heterocycles. The van der Waals surface area contributed by atoms with Gasteiger partial charge in [0, 0.05) is 16.0 Å². The highest BCUT2D eigenvalue weighted by atomic mass is 35.5. The lowest BCUT2D eigenvalue weighted by Crippen LogP contribution is -2.20. The number of carbonyl (C=O) groups excluding carboxylic acids is 1. The number of nitrogens with zero attached hydrogens (tertiary/aromatic N) is 1. The number of hydrogen-bond acceptors (Lipinski definition) is 4. The van der Waals surface area contributed by atoms with Gasteiger partial charge in [0.1, 0.15) is 0 Å². The van der Waals surface area contributed by atoms with E-state index in [9.17, 15) is 9.59 Å². The molecule has 1 amide bonds. The molecule has 0 atom stereocenters. The molecule has 0 spiro atoms. The minimum atomic E-state index is -0.619. The van der Waals surface area contributed by atoms with Crippen LogP contribution < -0.4 is 5.32 Å². The van der Waals surface area contributed by atoms with Crippen LogP contribution in [0.5, 0.6) is 0 Å². The van der Waals surface area contributed by atoms with Crippen LogP contribution in [0.3, 0.4) is 0 Å². The largest absolute Gasteiger partial charge is 0.481 e. The second kappa shape index (κ2) is 7.91. The normalized spacial score (nSPS) is 13.5. The van der Waals surface area contributed by atoms with Gasteiger partial charge in [-0.1, -0.05) is 36.2 Å². The third kappa shape index (κ3) is 4.29. The zero-order valence-electron chi connectivity index (χ0n) is 11.7. The van der Waals surface area contributed by atoms with Crippen LogP contribution >= 0.6 is 22.9 Å². The van der Waals surface area contributed by atoms with Crippen LogP contribution in [-0.2, 0) is 9.59 Å². The molecule has 0 bridgehead atoms. The Morgan fingerprint density at radius 1 is 1.41 bits per heavy atom. The lowest BCUT2D eigenvalue weighted by atomic mass is 9.86. The molecule has 116 valence electrons. The molecule has 1 saturated carbocycles. The van der Waals surface area contributed by atoms with Gasteiger partial charge in [0.2, 0.25) is 6.41 Å². The lowest BCUT2D eigenvalue weighted by molar-refractivity contribution is -0.144. The monoisotopic (exact) mass is 338 g/mol. The Bertz CT molecular complexity index is 656. The van der Waals surface area contributed by atoms with E-state index in [0.717, 1.165) is 30.5 Å². The summed E-state index contributed by atoms with van der Waals surface area (Å²) in [6.07, 6.45) is 3.51. The highest BCUT2D eigenvalue weighted by molar-refractivity contribution is 7.14. The van der Waals surface area contributed by atoms with Gasteiger partial charge in [-0.25, -0.2) is 4.98 Å². The number of aromatic nitrogens is 1.